The van der Waals surface area contributed by atoms with Gasteiger partial charge in [0.1, 0.15) is 22.7 Å². The van der Waals surface area contributed by atoms with E-state index >= 15 is 0 Å². The summed E-state index contributed by atoms with van der Waals surface area (Å²) >= 11 is 0. The summed E-state index contributed by atoms with van der Waals surface area (Å²) < 4.78 is 4.72. The zero-order valence-electron chi connectivity index (χ0n) is 32.9. The average molecular weight is 748 g/mol. The molecule has 4 aromatic heterocycles. The summed E-state index contributed by atoms with van der Waals surface area (Å²) in [4.78, 5) is 19.6. The molecular weight excluding hydrogens is 695 g/mol. The minimum atomic E-state index is 0.561. The summed E-state index contributed by atoms with van der Waals surface area (Å²) in [6, 6.07) is 35.7. The number of nitrogens with zero attached hydrogens (tertiary/aromatic N) is 6. The second kappa shape index (κ2) is 18.2. The van der Waals surface area contributed by atoms with Crippen molar-refractivity contribution in [1.82, 2.24) is 39.9 Å². The summed E-state index contributed by atoms with van der Waals surface area (Å²) in [6.07, 6.45) is 6.42. The number of rotatable bonds is 15. The zero-order valence-corrected chi connectivity index (χ0v) is 32.9. The molecule has 288 valence electrons. The number of aryl methyl sites for hydroxylation is 2. The van der Waals surface area contributed by atoms with Crippen LogP contribution in [0.2, 0.25) is 0 Å². The van der Waals surface area contributed by atoms with E-state index in [2.05, 4.69) is 136 Å². The van der Waals surface area contributed by atoms with Crippen molar-refractivity contribution in [2.75, 3.05) is 24.9 Å². The third kappa shape index (κ3) is 8.20. The zero-order chi connectivity index (χ0) is 38.9. The first-order valence-electron chi connectivity index (χ1n) is 19.8. The first-order chi connectivity index (χ1) is 27.6. The molecule has 11 heteroatoms. The van der Waals surface area contributed by atoms with Gasteiger partial charge in [-0.2, -0.15) is 0 Å². The quantitative estimate of drug-likeness (QED) is 0.0655. The van der Waals surface area contributed by atoms with Crippen molar-refractivity contribution in [2.45, 2.75) is 72.0 Å². The number of aromatic nitrogens is 6. The Bertz CT molecular complexity index is 2520. The lowest BCUT2D eigenvalue weighted by atomic mass is 10.1. The number of pyridine rings is 2. The van der Waals surface area contributed by atoms with Crippen LogP contribution in [0.4, 0.5) is 11.6 Å². The Hall–Kier alpha value is -5.88. The number of para-hydroxylation sites is 2. The predicted octanol–water partition coefficient (Wildman–Crippen LogP) is 8.50. The van der Waals surface area contributed by atoms with Crippen LogP contribution in [-0.4, -0.2) is 43.2 Å². The van der Waals surface area contributed by atoms with Gasteiger partial charge in [0.15, 0.2) is 11.6 Å². The monoisotopic (exact) mass is 747 g/mol. The molecule has 6 N–H and O–H groups in total. The van der Waals surface area contributed by atoms with Crippen LogP contribution in [0.3, 0.4) is 0 Å². The van der Waals surface area contributed by atoms with Crippen LogP contribution < -0.4 is 27.4 Å². The van der Waals surface area contributed by atoms with Crippen molar-refractivity contribution >= 4 is 55.5 Å². The molecular formula is C45H53N11. The van der Waals surface area contributed by atoms with E-state index < -0.39 is 0 Å². The van der Waals surface area contributed by atoms with Gasteiger partial charge < -0.3 is 25.7 Å². The number of imidazole rings is 2. The Morgan fingerprint density at radius 2 is 0.946 bits per heavy atom. The fourth-order valence-corrected chi connectivity index (χ4v) is 7.30. The van der Waals surface area contributed by atoms with E-state index in [1.54, 1.807) is 0 Å². The normalized spacial score (nSPS) is 11.4. The Labute approximate surface area is 328 Å². The Kier molecular flexibility index (Phi) is 12.5. The highest BCUT2D eigenvalue weighted by Crippen LogP contribution is 2.33. The fraction of sp³-hybridized carbons (Fsp3) is 0.289. The lowest BCUT2D eigenvalue weighted by Gasteiger charge is -2.12. The molecule has 0 radical (unpaired) electrons. The van der Waals surface area contributed by atoms with E-state index in [1.807, 2.05) is 26.2 Å². The van der Waals surface area contributed by atoms with Gasteiger partial charge in [-0.05, 0) is 41.7 Å². The molecule has 8 rings (SSSR count). The van der Waals surface area contributed by atoms with Crippen LogP contribution in [0.1, 0.15) is 67.9 Å². The topological polar surface area (TPSA) is 136 Å². The van der Waals surface area contributed by atoms with Crippen LogP contribution in [0.25, 0.3) is 43.9 Å². The lowest BCUT2D eigenvalue weighted by molar-refractivity contribution is 0.690. The molecule has 0 aliphatic rings. The standard InChI is InChI=1S/C23H28N6.C22H25N5/c1-3-4-9-20-27-21-22(29(20)15-17-12-10-16(14-24)11-13-17)18-7-5-6-8-19(18)26-23(21)28-25-2;1-3-4-14-19-25-20-21(27(19)15-16-10-6-5-7-11-16)17-12-8-9-13-18(17)24-22(20)26-23-2/h5-8,10-13,25H,3-4,9,14-15,24H2,1-2H3,(H,26,28);5-13,23H,3-4,14-15H2,1-2H3,(H,24,26). The minimum Gasteiger partial charge on any atom is -0.326 e. The van der Waals surface area contributed by atoms with E-state index in [0.717, 1.165) is 124 Å². The van der Waals surface area contributed by atoms with Crippen LogP contribution in [0.15, 0.2) is 103 Å². The highest BCUT2D eigenvalue weighted by molar-refractivity contribution is 6.08. The molecule has 0 aliphatic carbocycles. The van der Waals surface area contributed by atoms with E-state index in [4.69, 9.17) is 25.7 Å². The van der Waals surface area contributed by atoms with Crippen molar-refractivity contribution < 1.29 is 0 Å². The maximum atomic E-state index is 5.76. The van der Waals surface area contributed by atoms with Gasteiger partial charge in [0.05, 0.1) is 22.1 Å². The van der Waals surface area contributed by atoms with Crippen LogP contribution in [-0.2, 0) is 32.5 Å². The van der Waals surface area contributed by atoms with Crippen molar-refractivity contribution in [3.8, 4) is 0 Å². The molecule has 0 saturated heterocycles. The first-order valence-corrected chi connectivity index (χ1v) is 19.8. The number of hydrogen-bond donors (Lipinski definition) is 5. The maximum absolute atomic E-state index is 5.76. The molecule has 0 bridgehead atoms. The third-order valence-corrected chi connectivity index (χ3v) is 10.1. The second-order valence-electron chi connectivity index (χ2n) is 14.0. The number of hydrazine groups is 2. The number of unbranched alkanes of at least 4 members (excludes halogenated alkanes) is 2. The predicted molar refractivity (Wildman–Crippen MR) is 232 cm³/mol. The Morgan fingerprint density at radius 3 is 1.39 bits per heavy atom. The van der Waals surface area contributed by atoms with Crippen molar-refractivity contribution in [3.05, 3.63) is 131 Å². The Balaban J connectivity index is 0.000000172. The first kappa shape index (κ1) is 38.4. The number of nitrogens with one attached hydrogen (secondary N) is 4. The summed E-state index contributed by atoms with van der Waals surface area (Å²) in [6.45, 7) is 6.57. The van der Waals surface area contributed by atoms with Crippen molar-refractivity contribution in [2.24, 2.45) is 5.73 Å². The summed E-state index contributed by atoms with van der Waals surface area (Å²) in [5.74, 6) is 3.75. The number of benzene rings is 4. The van der Waals surface area contributed by atoms with Crippen molar-refractivity contribution in [3.63, 3.8) is 0 Å². The van der Waals surface area contributed by atoms with Crippen LogP contribution >= 0.6 is 0 Å². The van der Waals surface area contributed by atoms with E-state index in [9.17, 15) is 0 Å². The summed E-state index contributed by atoms with van der Waals surface area (Å²) in [7, 11) is 3.69. The number of nitrogens with two attached hydrogens (primary N) is 1. The highest BCUT2D eigenvalue weighted by Gasteiger charge is 2.20. The van der Waals surface area contributed by atoms with Crippen LogP contribution in [0, 0.1) is 0 Å². The van der Waals surface area contributed by atoms with Crippen LogP contribution in [0.5, 0.6) is 0 Å². The molecule has 0 fully saturated rings. The lowest BCUT2D eigenvalue weighted by Crippen LogP contribution is -2.16. The molecule has 0 aliphatic heterocycles. The largest absolute Gasteiger partial charge is 0.326 e. The fourth-order valence-electron chi connectivity index (χ4n) is 7.30. The second-order valence-corrected chi connectivity index (χ2v) is 14.0. The summed E-state index contributed by atoms with van der Waals surface area (Å²) in [5, 5.41) is 2.26. The molecule has 0 amide bonds. The molecule has 0 saturated carbocycles. The molecule has 0 atom stereocenters. The highest BCUT2D eigenvalue weighted by atomic mass is 15.4. The molecule has 8 aromatic rings. The smallest absolute Gasteiger partial charge is 0.169 e. The minimum absolute atomic E-state index is 0.561. The number of anilines is 2. The molecule has 11 nitrogen and oxygen atoms in total. The maximum Gasteiger partial charge on any atom is 0.169 e. The van der Waals surface area contributed by atoms with Crippen molar-refractivity contribution in [1.29, 1.82) is 0 Å². The third-order valence-electron chi connectivity index (χ3n) is 10.1. The van der Waals surface area contributed by atoms with Gasteiger partial charge >= 0.3 is 0 Å². The average Bonchev–Trinajstić information content (AvgIpc) is 3.79. The van der Waals surface area contributed by atoms with E-state index in [1.165, 1.54) is 11.1 Å². The number of hydrogen-bond acceptors (Lipinski definition) is 9. The molecule has 0 spiro atoms. The van der Waals surface area contributed by atoms with Gasteiger partial charge in [-0.3, -0.25) is 0 Å². The van der Waals surface area contributed by atoms with E-state index in [-0.39, 0.29) is 0 Å². The van der Waals surface area contributed by atoms with Gasteiger partial charge in [0.25, 0.3) is 0 Å². The van der Waals surface area contributed by atoms with E-state index in [0.29, 0.717) is 6.54 Å². The van der Waals surface area contributed by atoms with Gasteiger partial charge in [-0.1, -0.05) is 118 Å². The Morgan fingerprint density at radius 1 is 0.518 bits per heavy atom. The summed E-state index contributed by atoms with van der Waals surface area (Å²) in [5.41, 5.74) is 27.8. The molecule has 56 heavy (non-hydrogen) atoms. The van der Waals surface area contributed by atoms with Gasteiger partial charge in [0.2, 0.25) is 0 Å². The van der Waals surface area contributed by atoms with Gasteiger partial charge in [0, 0.05) is 57.3 Å². The van der Waals surface area contributed by atoms with Gasteiger partial charge in [-0.15, -0.1) is 0 Å². The molecule has 4 heterocycles. The SMILES string of the molecule is CCCCc1nc2c(NNC)nc3ccccc3c2n1Cc1ccc(CN)cc1.CCCCc1nc2c(NNC)nc3ccccc3c2n1Cc1ccccc1. The molecule has 4 aromatic carbocycles. The molecule has 0 unspecified atom stereocenters. The number of fused-ring (bicyclic) bond motifs is 6. The van der Waals surface area contributed by atoms with Gasteiger partial charge in [-0.25, -0.2) is 30.8 Å².